The van der Waals surface area contributed by atoms with Crippen molar-refractivity contribution in [2.24, 2.45) is 0 Å². The lowest BCUT2D eigenvalue weighted by molar-refractivity contribution is 0.414. The molecule has 0 aromatic heterocycles. The van der Waals surface area contributed by atoms with Crippen molar-refractivity contribution < 1.29 is 8.42 Å². The molecule has 0 radical (unpaired) electrons. The van der Waals surface area contributed by atoms with Gasteiger partial charge in [0, 0.05) is 26.7 Å². The molecule has 2 N–H and O–H groups in total. The Bertz CT molecular complexity index is 250. The van der Waals surface area contributed by atoms with Crippen molar-refractivity contribution in [2.75, 3.05) is 27.2 Å². The molecule has 0 unspecified atom stereocenters. The topological polar surface area (TPSA) is 61.4 Å². The Morgan fingerprint density at radius 1 is 1.43 bits per heavy atom. The molecule has 7 heteroatoms. The summed E-state index contributed by atoms with van der Waals surface area (Å²) in [5.41, 5.74) is 0. The van der Waals surface area contributed by atoms with Gasteiger partial charge in [0.1, 0.15) is 0 Å². The first-order valence-corrected chi connectivity index (χ1v) is 5.87. The first-order chi connectivity index (χ1) is 6.02. The molecule has 1 rings (SSSR count). The van der Waals surface area contributed by atoms with Gasteiger partial charge >= 0.3 is 0 Å². The van der Waals surface area contributed by atoms with E-state index >= 15 is 0 Å². The normalized spacial score (nSPS) is 23.2. The minimum atomic E-state index is -3.25. The molecule has 0 spiro atoms. The summed E-state index contributed by atoms with van der Waals surface area (Å²) < 4.78 is 26.6. The van der Waals surface area contributed by atoms with E-state index < -0.39 is 10.2 Å². The van der Waals surface area contributed by atoms with Crippen LogP contribution in [-0.2, 0) is 10.2 Å². The molecule has 0 saturated carbocycles. The summed E-state index contributed by atoms with van der Waals surface area (Å²) in [4.78, 5) is 0. The minimum absolute atomic E-state index is 0. The highest BCUT2D eigenvalue weighted by molar-refractivity contribution is 7.87. The van der Waals surface area contributed by atoms with Gasteiger partial charge in [0.15, 0.2) is 0 Å². The van der Waals surface area contributed by atoms with Crippen LogP contribution >= 0.6 is 12.4 Å². The van der Waals surface area contributed by atoms with Crippen LogP contribution < -0.4 is 10.0 Å². The van der Waals surface area contributed by atoms with Gasteiger partial charge in [-0.25, -0.2) is 0 Å². The Kier molecular flexibility index (Phi) is 5.92. The summed E-state index contributed by atoms with van der Waals surface area (Å²) in [6.45, 7) is 1.72. The fraction of sp³-hybridized carbons (Fsp3) is 1.00. The number of nitrogens with zero attached hydrogens (tertiary/aromatic N) is 1. The van der Waals surface area contributed by atoms with E-state index in [1.165, 1.54) is 18.4 Å². The van der Waals surface area contributed by atoms with Crippen LogP contribution in [0, 0.1) is 0 Å². The maximum Gasteiger partial charge on any atom is 0.279 e. The van der Waals surface area contributed by atoms with Crippen LogP contribution in [0.3, 0.4) is 0 Å². The van der Waals surface area contributed by atoms with Gasteiger partial charge in [-0.15, -0.1) is 12.4 Å². The Balaban J connectivity index is 0.00000169. The molecule has 1 heterocycles. The van der Waals surface area contributed by atoms with E-state index in [1.54, 1.807) is 0 Å². The molecule has 5 nitrogen and oxygen atoms in total. The SMILES string of the molecule is CN(C)S(=O)(=O)N[C@@H]1CCCNC1.Cl. The van der Waals surface area contributed by atoms with Gasteiger partial charge in [0.2, 0.25) is 0 Å². The number of halogens is 1. The monoisotopic (exact) mass is 243 g/mol. The average molecular weight is 244 g/mol. The standard InChI is InChI=1S/C7H17N3O2S.ClH/c1-10(2)13(11,12)9-7-4-3-5-8-6-7;/h7-9H,3-6H2,1-2H3;1H/t7-;/m1./s1. The van der Waals surface area contributed by atoms with Crippen LogP contribution in [0.5, 0.6) is 0 Å². The smallest absolute Gasteiger partial charge is 0.279 e. The lowest BCUT2D eigenvalue weighted by atomic mass is 10.1. The molecule has 1 aliphatic rings. The molecule has 1 saturated heterocycles. The second-order valence-corrected chi connectivity index (χ2v) is 5.36. The van der Waals surface area contributed by atoms with Gasteiger partial charge < -0.3 is 5.32 Å². The molecular weight excluding hydrogens is 226 g/mol. The largest absolute Gasteiger partial charge is 0.315 e. The molecule has 1 aliphatic heterocycles. The maximum atomic E-state index is 11.4. The fourth-order valence-electron chi connectivity index (χ4n) is 1.27. The maximum absolute atomic E-state index is 11.4. The molecule has 1 atom stereocenters. The van der Waals surface area contributed by atoms with E-state index in [0.717, 1.165) is 25.9 Å². The van der Waals surface area contributed by atoms with Crippen LogP contribution in [0.15, 0.2) is 0 Å². The zero-order valence-corrected chi connectivity index (χ0v) is 10.1. The van der Waals surface area contributed by atoms with Crippen LogP contribution in [0.4, 0.5) is 0 Å². The molecular formula is C7H18ClN3O2S. The van der Waals surface area contributed by atoms with Gasteiger partial charge in [-0.1, -0.05) is 0 Å². The Hall–Kier alpha value is 0.120. The van der Waals surface area contributed by atoms with Gasteiger partial charge in [0.05, 0.1) is 0 Å². The van der Waals surface area contributed by atoms with Gasteiger partial charge in [-0.2, -0.15) is 17.4 Å². The van der Waals surface area contributed by atoms with E-state index in [2.05, 4.69) is 10.0 Å². The second kappa shape index (κ2) is 5.87. The van der Waals surface area contributed by atoms with Gasteiger partial charge in [-0.3, -0.25) is 0 Å². The van der Waals surface area contributed by atoms with E-state index in [-0.39, 0.29) is 18.4 Å². The summed E-state index contributed by atoms with van der Waals surface area (Å²) in [6.07, 6.45) is 1.95. The number of piperidine rings is 1. The first-order valence-electron chi connectivity index (χ1n) is 4.43. The van der Waals surface area contributed by atoms with Crippen molar-refractivity contribution in [1.82, 2.24) is 14.3 Å². The van der Waals surface area contributed by atoms with E-state index in [9.17, 15) is 8.42 Å². The second-order valence-electron chi connectivity index (χ2n) is 3.45. The van der Waals surface area contributed by atoms with Crippen LogP contribution in [0.25, 0.3) is 0 Å². The summed E-state index contributed by atoms with van der Waals surface area (Å²) in [5, 5.41) is 3.15. The van der Waals surface area contributed by atoms with Crippen LogP contribution in [0.1, 0.15) is 12.8 Å². The number of rotatable bonds is 3. The summed E-state index contributed by atoms with van der Waals surface area (Å²) in [7, 11) is -0.202. The van der Waals surface area contributed by atoms with Crippen LogP contribution in [0.2, 0.25) is 0 Å². The molecule has 0 amide bonds. The number of nitrogens with one attached hydrogen (secondary N) is 2. The summed E-state index contributed by atoms with van der Waals surface area (Å²) >= 11 is 0. The Morgan fingerprint density at radius 2 is 2.07 bits per heavy atom. The third-order valence-electron chi connectivity index (χ3n) is 2.09. The molecule has 0 aliphatic carbocycles. The molecule has 14 heavy (non-hydrogen) atoms. The summed E-state index contributed by atoms with van der Waals surface area (Å²) in [5.74, 6) is 0. The van der Waals surface area contributed by atoms with Crippen molar-refractivity contribution >= 4 is 22.6 Å². The van der Waals surface area contributed by atoms with Crippen LogP contribution in [-0.4, -0.2) is 45.9 Å². The molecule has 86 valence electrons. The van der Waals surface area contributed by atoms with Gasteiger partial charge in [0.25, 0.3) is 10.2 Å². The lowest BCUT2D eigenvalue weighted by Gasteiger charge is -2.25. The highest BCUT2D eigenvalue weighted by Gasteiger charge is 2.20. The predicted molar refractivity (Wildman–Crippen MR) is 58.9 cm³/mol. The van der Waals surface area contributed by atoms with E-state index in [4.69, 9.17) is 0 Å². The highest BCUT2D eigenvalue weighted by Crippen LogP contribution is 2.03. The van der Waals surface area contributed by atoms with Crippen molar-refractivity contribution in [1.29, 1.82) is 0 Å². The fourth-order valence-corrected chi connectivity index (χ4v) is 2.10. The minimum Gasteiger partial charge on any atom is -0.315 e. The average Bonchev–Trinajstić information content (AvgIpc) is 2.05. The highest BCUT2D eigenvalue weighted by atomic mass is 35.5. The van der Waals surface area contributed by atoms with E-state index in [1.807, 2.05) is 0 Å². The molecule has 1 fully saturated rings. The first kappa shape index (κ1) is 14.1. The van der Waals surface area contributed by atoms with E-state index in [0.29, 0.717) is 0 Å². The van der Waals surface area contributed by atoms with Crippen molar-refractivity contribution in [3.05, 3.63) is 0 Å². The summed E-state index contributed by atoms with van der Waals surface area (Å²) in [6, 6.07) is 0.0427. The molecule has 0 aromatic rings. The molecule has 0 aromatic carbocycles. The Labute approximate surface area is 91.8 Å². The zero-order chi connectivity index (χ0) is 9.90. The number of hydrogen-bond donors (Lipinski definition) is 2. The van der Waals surface area contributed by atoms with Crippen molar-refractivity contribution in [3.63, 3.8) is 0 Å². The zero-order valence-electron chi connectivity index (χ0n) is 8.49. The van der Waals surface area contributed by atoms with Gasteiger partial charge in [-0.05, 0) is 19.4 Å². The quantitative estimate of drug-likeness (QED) is 0.706. The Morgan fingerprint density at radius 3 is 2.50 bits per heavy atom. The molecule has 0 bridgehead atoms. The third-order valence-corrected chi connectivity index (χ3v) is 3.69. The predicted octanol–water partition coefficient (Wildman–Crippen LogP) is -0.444. The van der Waals surface area contributed by atoms with Crippen molar-refractivity contribution in [3.8, 4) is 0 Å². The third kappa shape index (κ3) is 4.10. The lowest BCUT2D eigenvalue weighted by Crippen LogP contribution is -2.48. The van der Waals surface area contributed by atoms with Crippen molar-refractivity contribution in [2.45, 2.75) is 18.9 Å². The number of hydrogen-bond acceptors (Lipinski definition) is 3.